The van der Waals surface area contributed by atoms with Crippen LogP contribution in [0.15, 0.2) is 58.3 Å². The molecule has 2 N–H and O–H groups in total. The third-order valence-electron chi connectivity index (χ3n) is 2.85. The summed E-state index contributed by atoms with van der Waals surface area (Å²) in [5.74, 6) is 0. The molecule has 0 atom stereocenters. The molecular weight excluding hydrogens is 295 g/mol. The van der Waals surface area contributed by atoms with Crippen LogP contribution in [-0.2, 0) is 10.1 Å². The third kappa shape index (κ3) is 3.33. The number of benzene rings is 2. The predicted octanol–water partition coefficient (Wildman–Crippen LogP) is 3.93. The molecule has 0 amide bonds. The van der Waals surface area contributed by atoms with Gasteiger partial charge < -0.3 is 9.79 Å². The fourth-order valence-electron chi connectivity index (χ4n) is 1.93. The zero-order chi connectivity index (χ0) is 14.0. The minimum atomic E-state index is -3.30. The summed E-state index contributed by atoms with van der Waals surface area (Å²) in [6.45, 7) is 3.97. The van der Waals surface area contributed by atoms with Crippen LogP contribution in [0.1, 0.15) is 11.1 Å². The molecule has 0 unspecified atom stereocenters. The molecule has 2 rings (SSSR count). The van der Waals surface area contributed by atoms with Crippen molar-refractivity contribution in [2.45, 2.75) is 23.6 Å². The quantitative estimate of drug-likeness (QED) is 0.581. The number of hydrogen-bond donors (Lipinski definition) is 3. The molecular formula is C14H17O2PS2. The van der Waals surface area contributed by atoms with E-state index in [2.05, 4.69) is 12.2 Å². The Hall–Kier alpha value is -0.510. The Kier molecular flexibility index (Phi) is 4.59. The second-order valence-electron chi connectivity index (χ2n) is 4.33. The van der Waals surface area contributed by atoms with Gasteiger partial charge in [-0.25, -0.2) is 0 Å². The van der Waals surface area contributed by atoms with Crippen molar-refractivity contribution >= 4 is 28.0 Å². The molecule has 0 spiro atoms. The summed E-state index contributed by atoms with van der Waals surface area (Å²) >= 11 is 4.10. The molecule has 0 aliphatic carbocycles. The molecule has 0 aliphatic rings. The Bertz CT molecular complexity index is 606. The van der Waals surface area contributed by atoms with Crippen LogP contribution in [0, 0.1) is 13.8 Å². The average molecular weight is 312 g/mol. The van der Waals surface area contributed by atoms with E-state index >= 15 is 0 Å². The fourth-order valence-corrected chi connectivity index (χ4v) is 8.25. The van der Waals surface area contributed by atoms with E-state index in [1.807, 2.05) is 62.4 Å². The summed E-state index contributed by atoms with van der Waals surface area (Å²) in [5.41, 5.74) is -1.20. The van der Waals surface area contributed by atoms with E-state index in [1.165, 1.54) is 0 Å². The van der Waals surface area contributed by atoms with E-state index in [-0.39, 0.29) is 0 Å². The molecule has 5 heteroatoms. The highest BCUT2D eigenvalue weighted by Crippen LogP contribution is 2.52. The lowest BCUT2D eigenvalue weighted by molar-refractivity contribution is 0.502. The van der Waals surface area contributed by atoms with Crippen molar-refractivity contribution in [2.24, 2.45) is 0 Å². The van der Waals surface area contributed by atoms with Gasteiger partial charge in [-0.3, -0.25) is 0 Å². The van der Waals surface area contributed by atoms with Gasteiger partial charge in [-0.2, -0.15) is 0 Å². The Labute approximate surface area is 121 Å². The highest BCUT2D eigenvalue weighted by molar-refractivity contribution is 8.65. The zero-order valence-electron chi connectivity index (χ0n) is 10.8. The standard InChI is InChI=1S/C14H17O2PS2/c1-11-7-3-5-9-13(11)19(17(15,16)18)14-10-6-4-8-12(14)2/h3-10,15-16,18H,1-2H3. The molecule has 0 saturated carbocycles. The van der Waals surface area contributed by atoms with Gasteiger partial charge in [0.1, 0.15) is 0 Å². The highest BCUT2D eigenvalue weighted by atomic mass is 32.9. The minimum Gasteiger partial charge on any atom is -0.341 e. The van der Waals surface area contributed by atoms with Gasteiger partial charge in [0.2, 0.25) is 5.69 Å². The van der Waals surface area contributed by atoms with E-state index in [4.69, 9.17) is 0 Å². The molecule has 0 fully saturated rings. The van der Waals surface area contributed by atoms with Crippen molar-refractivity contribution in [3.05, 3.63) is 59.7 Å². The van der Waals surface area contributed by atoms with Gasteiger partial charge in [-0.15, -0.1) is 0 Å². The van der Waals surface area contributed by atoms with Crippen LogP contribution >= 0.6 is 17.9 Å². The lowest BCUT2D eigenvalue weighted by atomic mass is 10.2. The molecule has 102 valence electrons. The maximum atomic E-state index is 10.2. The van der Waals surface area contributed by atoms with Gasteiger partial charge in [-0.05, 0) is 37.1 Å². The third-order valence-corrected chi connectivity index (χ3v) is 9.21. The van der Waals surface area contributed by atoms with E-state index in [1.54, 1.807) is 0 Å². The number of thiol groups is 1. The molecule has 19 heavy (non-hydrogen) atoms. The summed E-state index contributed by atoms with van der Waals surface area (Å²) in [5, 5.41) is 0. The van der Waals surface area contributed by atoms with Crippen LogP contribution in [0.4, 0.5) is 0 Å². The zero-order valence-corrected chi connectivity index (χ0v) is 13.4. The summed E-state index contributed by atoms with van der Waals surface area (Å²) < 4.78 is 0. The first-order chi connectivity index (χ1) is 8.91. The largest absolute Gasteiger partial charge is 0.341 e. The van der Waals surface area contributed by atoms with Gasteiger partial charge in [0.25, 0.3) is 0 Å². The normalized spacial score (nSPS) is 11.9. The molecule has 0 bridgehead atoms. The first-order valence-electron chi connectivity index (χ1n) is 5.85. The Balaban J connectivity index is 2.79. The smallest absolute Gasteiger partial charge is 0.207 e. The van der Waals surface area contributed by atoms with Gasteiger partial charge in [0.05, 0.1) is 0 Å². The maximum absolute atomic E-state index is 10.2. The molecule has 2 nitrogen and oxygen atoms in total. The summed E-state index contributed by atoms with van der Waals surface area (Å²) in [7, 11) is -0.805. The molecule has 0 aromatic heterocycles. The van der Waals surface area contributed by atoms with Crippen LogP contribution in [-0.4, -0.2) is 9.79 Å². The van der Waals surface area contributed by atoms with Gasteiger partial charge in [-0.1, -0.05) is 58.7 Å². The van der Waals surface area contributed by atoms with E-state index in [0.717, 1.165) is 20.9 Å². The fraction of sp³-hybridized carbons (Fsp3) is 0.143. The second kappa shape index (κ2) is 5.86. The molecule has 0 heterocycles. The summed E-state index contributed by atoms with van der Waals surface area (Å²) in [6, 6.07) is 15.6. The maximum Gasteiger partial charge on any atom is 0.207 e. The number of rotatable bonds is 2. The summed E-state index contributed by atoms with van der Waals surface area (Å²) in [4.78, 5) is 22.3. The van der Waals surface area contributed by atoms with Crippen molar-refractivity contribution in [1.82, 2.24) is 0 Å². The van der Waals surface area contributed by atoms with Gasteiger partial charge in [0, 0.05) is 9.79 Å². The van der Waals surface area contributed by atoms with Crippen LogP contribution in [0.3, 0.4) is 0 Å². The minimum absolute atomic E-state index is 0.805. The van der Waals surface area contributed by atoms with Crippen LogP contribution in [0.25, 0.3) is 0 Å². The van der Waals surface area contributed by atoms with Gasteiger partial charge in [0.15, 0.2) is 0 Å². The first-order valence-corrected chi connectivity index (χ1v) is 10.5. The van der Waals surface area contributed by atoms with Crippen LogP contribution in [0.2, 0.25) is 0 Å². The lowest BCUT2D eigenvalue weighted by Crippen LogP contribution is -1.99. The van der Waals surface area contributed by atoms with Crippen molar-refractivity contribution in [3.8, 4) is 0 Å². The predicted molar refractivity (Wildman–Crippen MR) is 86.6 cm³/mol. The van der Waals surface area contributed by atoms with E-state index in [9.17, 15) is 9.79 Å². The molecule has 2 aromatic carbocycles. The average Bonchev–Trinajstić information content (AvgIpc) is 2.33. The topological polar surface area (TPSA) is 40.5 Å². The summed E-state index contributed by atoms with van der Waals surface area (Å²) in [6.07, 6.45) is 0. The second-order valence-corrected chi connectivity index (χ2v) is 11.9. The SMILES string of the molecule is Cc1ccccc1S(c1ccccc1C)=P(O)(O)S. The number of aryl methyl sites for hydroxylation is 2. The van der Waals surface area contributed by atoms with Crippen molar-refractivity contribution in [2.75, 3.05) is 0 Å². The van der Waals surface area contributed by atoms with Crippen molar-refractivity contribution in [3.63, 3.8) is 0 Å². The van der Waals surface area contributed by atoms with Gasteiger partial charge >= 0.3 is 0 Å². The monoisotopic (exact) mass is 312 g/mol. The molecule has 2 aromatic rings. The molecule has 0 saturated heterocycles. The Morgan fingerprint density at radius 2 is 1.21 bits per heavy atom. The molecule has 0 radical (unpaired) electrons. The molecule has 0 aliphatic heterocycles. The first kappa shape index (κ1) is 14.9. The van der Waals surface area contributed by atoms with E-state index in [0.29, 0.717) is 0 Å². The lowest BCUT2D eigenvalue weighted by Gasteiger charge is -2.20. The van der Waals surface area contributed by atoms with E-state index < -0.39 is 15.8 Å². The van der Waals surface area contributed by atoms with Crippen molar-refractivity contribution in [1.29, 1.82) is 0 Å². The Morgan fingerprint density at radius 1 is 0.842 bits per heavy atom. The number of hydrogen-bond acceptors (Lipinski definition) is 0. The van der Waals surface area contributed by atoms with Crippen LogP contribution in [0.5, 0.6) is 0 Å². The Morgan fingerprint density at radius 3 is 1.53 bits per heavy atom. The highest BCUT2D eigenvalue weighted by Gasteiger charge is 2.18. The van der Waals surface area contributed by atoms with Crippen molar-refractivity contribution < 1.29 is 9.79 Å². The van der Waals surface area contributed by atoms with Crippen LogP contribution < -0.4 is 0 Å².